The van der Waals surface area contributed by atoms with Gasteiger partial charge in [-0.1, -0.05) is 34.4 Å². The summed E-state index contributed by atoms with van der Waals surface area (Å²) in [4.78, 5) is 14.5. The van der Waals surface area contributed by atoms with Gasteiger partial charge in [0.25, 0.3) is 0 Å². The number of hydrogen-bond donors (Lipinski definition) is 0. The Labute approximate surface area is 235 Å². The van der Waals surface area contributed by atoms with Crippen LogP contribution in [0.2, 0.25) is 10.0 Å². The zero-order valence-electron chi connectivity index (χ0n) is 21.5. The van der Waals surface area contributed by atoms with E-state index in [0.29, 0.717) is 51.2 Å². The molecule has 1 saturated heterocycles. The van der Waals surface area contributed by atoms with Crippen molar-refractivity contribution in [3.8, 4) is 11.3 Å². The predicted octanol–water partition coefficient (Wildman–Crippen LogP) is 6.39. The molecule has 39 heavy (non-hydrogen) atoms. The van der Waals surface area contributed by atoms with Gasteiger partial charge in [-0.2, -0.15) is 5.10 Å². The molecular weight excluding hydrogens is 539 g/mol. The lowest BCUT2D eigenvalue weighted by molar-refractivity contribution is 0.0403. The van der Waals surface area contributed by atoms with Crippen LogP contribution in [0.1, 0.15) is 53.3 Å². The highest BCUT2D eigenvalue weighted by Crippen LogP contribution is 2.47. The molecule has 4 aromatic rings. The molecule has 7 rings (SSSR count). The van der Waals surface area contributed by atoms with Gasteiger partial charge < -0.3 is 18.9 Å². The maximum absolute atomic E-state index is 12.1. The smallest absolute Gasteiger partial charge is 0.341 e. The van der Waals surface area contributed by atoms with Crippen molar-refractivity contribution in [3.63, 3.8) is 0 Å². The largest absolute Gasteiger partial charge is 0.465 e. The van der Waals surface area contributed by atoms with E-state index in [9.17, 15) is 4.79 Å². The number of pyridine rings is 1. The Kier molecular flexibility index (Phi) is 6.29. The van der Waals surface area contributed by atoms with Gasteiger partial charge in [0, 0.05) is 42.0 Å². The lowest BCUT2D eigenvalue weighted by Crippen LogP contribution is -2.23. The number of carbonyl (C=O) groups is 1. The molecule has 0 N–H and O–H groups in total. The molecule has 3 aliphatic rings. The topological polar surface area (TPSA) is 82.1 Å². The Balaban J connectivity index is 1.04. The summed E-state index contributed by atoms with van der Waals surface area (Å²) in [6, 6.07) is 9.57. The van der Waals surface area contributed by atoms with Crippen LogP contribution in [0.3, 0.4) is 0 Å². The molecule has 202 valence electrons. The molecule has 2 aliphatic carbocycles. The zero-order valence-corrected chi connectivity index (χ0v) is 23.0. The van der Waals surface area contributed by atoms with Crippen LogP contribution in [0.25, 0.3) is 16.8 Å². The van der Waals surface area contributed by atoms with E-state index in [-0.39, 0.29) is 12.1 Å². The third kappa shape index (κ3) is 4.48. The summed E-state index contributed by atoms with van der Waals surface area (Å²) in [6.07, 6.45) is 7.87. The second-order valence-electron chi connectivity index (χ2n) is 10.8. The number of rotatable bonds is 7. The average Bonchev–Trinajstić information content (AvgIpc) is 3.24. The fourth-order valence-electron chi connectivity index (χ4n) is 6.27. The minimum atomic E-state index is -0.377. The van der Waals surface area contributed by atoms with E-state index in [1.807, 2.05) is 30.5 Å². The van der Waals surface area contributed by atoms with Gasteiger partial charge in [0.05, 0.1) is 41.6 Å². The molecule has 10 heteroatoms. The Bertz CT molecular complexity index is 1530. The first-order valence-corrected chi connectivity index (χ1v) is 14.1. The van der Waals surface area contributed by atoms with E-state index in [2.05, 4.69) is 21.2 Å². The molecule has 3 fully saturated rings. The number of aromatic nitrogens is 3. The Hall–Kier alpha value is -3.07. The molecular formula is C29H28Cl2N4O4. The molecule has 2 atom stereocenters. The third-order valence-corrected chi connectivity index (χ3v) is 9.04. The van der Waals surface area contributed by atoms with E-state index >= 15 is 0 Å². The van der Waals surface area contributed by atoms with E-state index in [1.54, 1.807) is 10.7 Å². The van der Waals surface area contributed by atoms with Crippen LogP contribution in [-0.4, -0.2) is 47.0 Å². The van der Waals surface area contributed by atoms with Crippen LogP contribution in [0.5, 0.6) is 0 Å². The third-order valence-electron chi connectivity index (χ3n) is 8.41. The van der Waals surface area contributed by atoms with Gasteiger partial charge in [-0.15, -0.1) is 0 Å². The van der Waals surface area contributed by atoms with E-state index in [4.69, 9.17) is 37.2 Å². The van der Waals surface area contributed by atoms with Crippen molar-refractivity contribution < 1.29 is 18.8 Å². The Morgan fingerprint density at radius 2 is 1.87 bits per heavy atom. The van der Waals surface area contributed by atoms with Gasteiger partial charge in [-0.3, -0.25) is 0 Å². The highest BCUT2D eigenvalue weighted by atomic mass is 35.5. The first-order chi connectivity index (χ1) is 19.0. The van der Waals surface area contributed by atoms with Crippen LogP contribution >= 0.6 is 23.2 Å². The summed E-state index contributed by atoms with van der Waals surface area (Å²) in [5, 5.41) is 9.78. The maximum Gasteiger partial charge on any atom is 0.341 e. The van der Waals surface area contributed by atoms with Crippen molar-refractivity contribution in [1.82, 2.24) is 14.8 Å². The molecule has 0 radical (unpaired) electrons. The number of benzene rings is 1. The number of hydrogen-bond acceptors (Lipinski definition) is 7. The summed E-state index contributed by atoms with van der Waals surface area (Å²) >= 11 is 13.0. The van der Waals surface area contributed by atoms with Gasteiger partial charge in [0.15, 0.2) is 0 Å². The lowest BCUT2D eigenvalue weighted by atomic mass is 10.0. The van der Waals surface area contributed by atoms with Crippen LogP contribution in [0.15, 0.2) is 47.2 Å². The van der Waals surface area contributed by atoms with Crippen molar-refractivity contribution >= 4 is 40.4 Å². The number of anilines is 1. The first-order valence-electron chi connectivity index (χ1n) is 13.3. The molecule has 3 aromatic heterocycles. The molecule has 2 saturated carbocycles. The van der Waals surface area contributed by atoms with Crippen molar-refractivity contribution in [2.45, 2.75) is 44.3 Å². The summed E-state index contributed by atoms with van der Waals surface area (Å²) in [5.41, 5.74) is 4.70. The summed E-state index contributed by atoms with van der Waals surface area (Å²) < 4.78 is 18.9. The van der Waals surface area contributed by atoms with E-state index in [1.165, 1.54) is 7.11 Å². The lowest BCUT2D eigenvalue weighted by Gasteiger charge is -2.22. The van der Waals surface area contributed by atoms with E-state index < -0.39 is 0 Å². The molecule has 1 aromatic carbocycles. The summed E-state index contributed by atoms with van der Waals surface area (Å²) in [6.45, 7) is 2.36. The van der Waals surface area contributed by atoms with Gasteiger partial charge in [0.1, 0.15) is 17.0 Å². The fourth-order valence-corrected chi connectivity index (χ4v) is 6.85. The molecule has 8 nitrogen and oxygen atoms in total. The van der Waals surface area contributed by atoms with Crippen molar-refractivity contribution in [3.05, 3.63) is 69.7 Å². The van der Waals surface area contributed by atoms with Crippen molar-refractivity contribution in [2.24, 2.45) is 11.8 Å². The first kappa shape index (κ1) is 24.9. The summed E-state index contributed by atoms with van der Waals surface area (Å²) in [5.74, 6) is 2.04. The molecule has 0 spiro atoms. The average molecular weight is 567 g/mol. The summed E-state index contributed by atoms with van der Waals surface area (Å²) in [7, 11) is 1.39. The molecule has 0 bridgehead atoms. The number of halogens is 2. The number of ether oxygens (including phenoxy) is 2. The monoisotopic (exact) mass is 566 g/mol. The van der Waals surface area contributed by atoms with E-state index in [0.717, 1.165) is 61.3 Å². The Morgan fingerprint density at radius 3 is 2.56 bits per heavy atom. The zero-order chi connectivity index (χ0) is 26.7. The second-order valence-corrected chi connectivity index (χ2v) is 11.7. The molecule has 0 amide bonds. The van der Waals surface area contributed by atoms with Crippen molar-refractivity contribution in [1.29, 1.82) is 0 Å². The van der Waals surface area contributed by atoms with Gasteiger partial charge in [-0.25, -0.2) is 9.31 Å². The second kappa shape index (κ2) is 9.84. The van der Waals surface area contributed by atoms with Gasteiger partial charge >= 0.3 is 5.97 Å². The van der Waals surface area contributed by atoms with Crippen LogP contribution in [0, 0.1) is 11.8 Å². The normalized spacial score (nSPS) is 22.5. The number of esters is 1. The number of nitrogens with zero attached hydrogens (tertiary/aromatic N) is 4. The number of methoxy groups -OCH3 is 1. The van der Waals surface area contributed by atoms with Gasteiger partial charge in [-0.05, 0) is 61.8 Å². The molecule has 4 heterocycles. The molecule has 2 unspecified atom stereocenters. The number of fused-ring (bicyclic) bond motifs is 2. The van der Waals surface area contributed by atoms with Crippen LogP contribution < -0.4 is 4.90 Å². The highest BCUT2D eigenvalue weighted by molar-refractivity contribution is 6.39. The standard InChI is InChI=1S/C29H28Cl2N4O4/c1-37-29(36)21-12-32-35-8-7-19(11-25(21)35)34-13-17-9-20(10-18(17)14-34)38-15-22-27(33-39-28(22)16-5-6-16)26-23(30)3-2-4-24(26)31/h2-4,7-8,11-12,16-18,20H,5-6,9-10,13-15H2,1H3. The van der Waals surface area contributed by atoms with Crippen molar-refractivity contribution in [2.75, 3.05) is 25.1 Å². The highest BCUT2D eigenvalue weighted by Gasteiger charge is 2.42. The van der Waals surface area contributed by atoms with Crippen LogP contribution in [-0.2, 0) is 16.1 Å². The number of carbonyl (C=O) groups excluding carboxylic acids is 1. The quantitative estimate of drug-likeness (QED) is 0.239. The predicted molar refractivity (Wildman–Crippen MR) is 147 cm³/mol. The maximum atomic E-state index is 12.1. The Morgan fingerprint density at radius 1 is 1.13 bits per heavy atom. The SMILES string of the molecule is COC(=O)c1cnn2ccc(N3CC4CC(OCc5c(-c6c(Cl)cccc6Cl)noc5C5CC5)CC4C3)cc12. The van der Waals surface area contributed by atoms with Gasteiger partial charge in [0.2, 0.25) is 0 Å². The van der Waals surface area contributed by atoms with Crippen LogP contribution in [0.4, 0.5) is 5.69 Å². The minimum absolute atomic E-state index is 0.182. The fraction of sp³-hybridized carbons (Fsp3) is 0.414. The minimum Gasteiger partial charge on any atom is -0.465 e. The molecule has 1 aliphatic heterocycles.